The summed E-state index contributed by atoms with van der Waals surface area (Å²) < 4.78 is 10.6. The molecule has 19 heavy (non-hydrogen) atoms. The number of hydrogen-bond donors (Lipinski definition) is 1. The number of rotatable bonds is 5. The summed E-state index contributed by atoms with van der Waals surface area (Å²) in [5.41, 5.74) is 2.29. The lowest BCUT2D eigenvalue weighted by Crippen LogP contribution is -2.00. The van der Waals surface area contributed by atoms with E-state index in [1.807, 2.05) is 30.4 Å². The molecule has 0 bridgehead atoms. The predicted octanol–water partition coefficient (Wildman–Crippen LogP) is 3.54. The third-order valence-electron chi connectivity index (χ3n) is 2.92. The van der Waals surface area contributed by atoms with Crippen LogP contribution >= 0.6 is 0 Å². The number of fused-ring (bicyclic) bond motifs is 1. The monoisotopic (exact) mass is 260 g/mol. The number of allylic oxidation sites excluding steroid dienone is 2. The molecule has 1 N–H and O–H groups in total. The minimum atomic E-state index is -0.416. The van der Waals surface area contributed by atoms with E-state index in [2.05, 4.69) is 19.9 Å². The van der Waals surface area contributed by atoms with E-state index in [1.54, 1.807) is 0 Å². The van der Waals surface area contributed by atoms with Crippen molar-refractivity contribution >= 4 is 6.08 Å². The first kappa shape index (κ1) is 13.7. The summed E-state index contributed by atoms with van der Waals surface area (Å²) in [6.45, 7) is 4.41. The zero-order valence-corrected chi connectivity index (χ0v) is 11.4. The zero-order valence-electron chi connectivity index (χ0n) is 11.4. The van der Waals surface area contributed by atoms with Gasteiger partial charge >= 0.3 is 0 Å². The van der Waals surface area contributed by atoms with Crippen LogP contribution in [-0.4, -0.2) is 18.0 Å². The van der Waals surface area contributed by atoms with Crippen molar-refractivity contribution in [2.24, 2.45) is 0 Å². The number of aliphatic hydroxyl groups excluding tert-OH is 1. The summed E-state index contributed by atoms with van der Waals surface area (Å²) in [6.07, 6.45) is 7.09. The molecule has 0 spiro atoms. The van der Waals surface area contributed by atoms with Crippen molar-refractivity contribution in [1.29, 1.82) is 0 Å². The van der Waals surface area contributed by atoms with Crippen molar-refractivity contribution < 1.29 is 14.6 Å². The second kappa shape index (κ2) is 6.43. The summed E-state index contributed by atoms with van der Waals surface area (Å²) in [6, 6.07) is 5.76. The molecule has 3 nitrogen and oxygen atoms in total. The van der Waals surface area contributed by atoms with E-state index in [0.29, 0.717) is 0 Å². The van der Waals surface area contributed by atoms with Gasteiger partial charge in [0.15, 0.2) is 11.5 Å². The lowest BCUT2D eigenvalue weighted by atomic mass is 10.1. The normalized spacial score (nSPS) is 14.7. The Hall–Kier alpha value is -1.74. The van der Waals surface area contributed by atoms with E-state index < -0.39 is 6.10 Å². The highest BCUT2D eigenvalue weighted by Gasteiger charge is 2.12. The Kier molecular flexibility index (Phi) is 4.63. The van der Waals surface area contributed by atoms with Crippen molar-refractivity contribution in [1.82, 2.24) is 0 Å². The number of benzene rings is 1. The smallest absolute Gasteiger partial charge is 0.231 e. The fourth-order valence-electron chi connectivity index (χ4n) is 1.88. The van der Waals surface area contributed by atoms with Gasteiger partial charge in [0.2, 0.25) is 6.79 Å². The lowest BCUT2D eigenvalue weighted by Gasteiger charge is -2.03. The summed E-state index contributed by atoms with van der Waals surface area (Å²) in [5, 5.41) is 9.84. The van der Waals surface area contributed by atoms with Crippen molar-refractivity contribution in [3.05, 3.63) is 41.5 Å². The van der Waals surface area contributed by atoms with Crippen LogP contribution in [0.1, 0.15) is 32.3 Å². The second-order valence-electron chi connectivity index (χ2n) is 4.90. The Morgan fingerprint density at radius 2 is 2.11 bits per heavy atom. The molecule has 0 fully saturated rings. The average molecular weight is 260 g/mol. The topological polar surface area (TPSA) is 38.7 Å². The molecule has 1 aromatic carbocycles. The minimum absolute atomic E-state index is 0.286. The Bertz CT molecular complexity index is 485. The third kappa shape index (κ3) is 4.14. The molecule has 1 heterocycles. The maximum Gasteiger partial charge on any atom is 0.231 e. The van der Waals surface area contributed by atoms with Crippen LogP contribution in [-0.2, 0) is 0 Å². The van der Waals surface area contributed by atoms with Gasteiger partial charge in [-0.1, -0.05) is 29.9 Å². The molecular formula is C16H20O3. The summed E-state index contributed by atoms with van der Waals surface area (Å²) in [7, 11) is 0. The van der Waals surface area contributed by atoms with Crippen LogP contribution in [0.3, 0.4) is 0 Å². The van der Waals surface area contributed by atoms with E-state index in [9.17, 15) is 5.11 Å². The van der Waals surface area contributed by atoms with Gasteiger partial charge in [0.25, 0.3) is 0 Å². The highest BCUT2D eigenvalue weighted by Crippen LogP contribution is 2.32. The van der Waals surface area contributed by atoms with Crippen molar-refractivity contribution in [2.45, 2.75) is 32.8 Å². The molecule has 0 aromatic heterocycles. The predicted molar refractivity (Wildman–Crippen MR) is 76.3 cm³/mol. The van der Waals surface area contributed by atoms with Gasteiger partial charge in [0.1, 0.15) is 0 Å². The van der Waals surface area contributed by atoms with Gasteiger partial charge in [-0.25, -0.2) is 0 Å². The fraction of sp³-hybridized carbons (Fsp3) is 0.375. The first-order valence-electron chi connectivity index (χ1n) is 6.54. The summed E-state index contributed by atoms with van der Waals surface area (Å²) >= 11 is 0. The SMILES string of the molecule is CC(C)=CCCC(O)C=Cc1ccc2c(c1)OCO2. The minimum Gasteiger partial charge on any atom is -0.454 e. The lowest BCUT2D eigenvalue weighted by molar-refractivity contribution is 0.174. The highest BCUT2D eigenvalue weighted by molar-refractivity contribution is 5.56. The molecule has 0 aliphatic carbocycles. The highest BCUT2D eigenvalue weighted by atomic mass is 16.7. The number of ether oxygens (including phenoxy) is 2. The number of hydrogen-bond acceptors (Lipinski definition) is 3. The largest absolute Gasteiger partial charge is 0.454 e. The van der Waals surface area contributed by atoms with Crippen LogP contribution in [0.2, 0.25) is 0 Å². The molecule has 1 aliphatic rings. The van der Waals surface area contributed by atoms with Gasteiger partial charge < -0.3 is 14.6 Å². The van der Waals surface area contributed by atoms with Gasteiger partial charge in [0.05, 0.1) is 6.10 Å². The Labute approximate surface area is 114 Å². The first-order chi connectivity index (χ1) is 9.15. The van der Waals surface area contributed by atoms with Crippen LogP contribution in [0.4, 0.5) is 0 Å². The molecule has 1 aliphatic heterocycles. The van der Waals surface area contributed by atoms with Gasteiger partial charge in [0, 0.05) is 0 Å². The molecule has 1 atom stereocenters. The molecule has 3 heteroatoms. The fourth-order valence-corrected chi connectivity index (χ4v) is 1.88. The molecule has 0 saturated heterocycles. The third-order valence-corrected chi connectivity index (χ3v) is 2.92. The first-order valence-corrected chi connectivity index (χ1v) is 6.54. The van der Waals surface area contributed by atoms with Gasteiger partial charge in [-0.3, -0.25) is 0 Å². The molecular weight excluding hydrogens is 240 g/mol. The van der Waals surface area contributed by atoms with E-state index in [0.717, 1.165) is 29.9 Å². The van der Waals surface area contributed by atoms with Gasteiger partial charge in [-0.05, 0) is 44.4 Å². The molecule has 1 aromatic rings. The van der Waals surface area contributed by atoms with Crippen molar-refractivity contribution in [2.75, 3.05) is 6.79 Å². The molecule has 0 saturated carbocycles. The van der Waals surface area contributed by atoms with Crippen LogP contribution in [0.25, 0.3) is 6.08 Å². The Morgan fingerprint density at radius 1 is 1.32 bits per heavy atom. The van der Waals surface area contributed by atoms with Crippen molar-refractivity contribution in [3.63, 3.8) is 0 Å². The van der Waals surface area contributed by atoms with E-state index in [4.69, 9.17) is 9.47 Å². The quantitative estimate of drug-likeness (QED) is 0.823. The van der Waals surface area contributed by atoms with Crippen LogP contribution < -0.4 is 9.47 Å². The standard InChI is InChI=1S/C16H20O3/c1-12(2)4-3-5-14(17)8-6-13-7-9-15-16(10-13)19-11-18-15/h4,6-10,14,17H,3,5,11H2,1-2H3. The molecule has 0 amide bonds. The number of aliphatic hydroxyl groups is 1. The molecule has 102 valence electrons. The van der Waals surface area contributed by atoms with E-state index in [-0.39, 0.29) is 6.79 Å². The summed E-state index contributed by atoms with van der Waals surface area (Å²) in [5.74, 6) is 1.54. The Balaban J connectivity index is 1.89. The van der Waals surface area contributed by atoms with Gasteiger partial charge in [-0.2, -0.15) is 0 Å². The summed E-state index contributed by atoms with van der Waals surface area (Å²) in [4.78, 5) is 0. The van der Waals surface area contributed by atoms with Crippen LogP contribution in [0.15, 0.2) is 35.9 Å². The van der Waals surface area contributed by atoms with E-state index >= 15 is 0 Å². The molecule has 0 radical (unpaired) electrons. The maximum absolute atomic E-state index is 9.84. The average Bonchev–Trinajstić information content (AvgIpc) is 2.83. The zero-order chi connectivity index (χ0) is 13.7. The van der Waals surface area contributed by atoms with Crippen LogP contribution in [0.5, 0.6) is 11.5 Å². The van der Waals surface area contributed by atoms with E-state index in [1.165, 1.54) is 5.57 Å². The molecule has 2 rings (SSSR count). The van der Waals surface area contributed by atoms with Crippen molar-refractivity contribution in [3.8, 4) is 11.5 Å². The van der Waals surface area contributed by atoms with Gasteiger partial charge in [-0.15, -0.1) is 0 Å². The molecule has 1 unspecified atom stereocenters. The Morgan fingerprint density at radius 3 is 2.89 bits per heavy atom. The maximum atomic E-state index is 9.84. The van der Waals surface area contributed by atoms with Crippen LogP contribution in [0, 0.1) is 0 Å². The second-order valence-corrected chi connectivity index (χ2v) is 4.90.